The van der Waals surface area contributed by atoms with Crippen LogP contribution in [0.1, 0.15) is 5.56 Å². The van der Waals surface area contributed by atoms with Gasteiger partial charge < -0.3 is 16.4 Å². The van der Waals surface area contributed by atoms with Crippen molar-refractivity contribution in [3.05, 3.63) is 68.7 Å². The van der Waals surface area contributed by atoms with Crippen molar-refractivity contribution in [2.24, 2.45) is 12.8 Å². The van der Waals surface area contributed by atoms with Crippen LogP contribution in [0.25, 0.3) is 0 Å². The maximum atomic E-state index is 13.1. The molecule has 0 amide bonds. The predicted octanol–water partition coefficient (Wildman–Crippen LogP) is 2.91. The van der Waals surface area contributed by atoms with Crippen LogP contribution < -0.4 is 21.9 Å². The van der Waals surface area contributed by atoms with Crippen molar-refractivity contribution in [1.82, 2.24) is 19.4 Å². The van der Waals surface area contributed by atoms with E-state index in [4.69, 9.17) is 34.7 Å². The number of anilines is 2. The molecule has 4 rings (SSSR count). The molecule has 1 atom stereocenters. The summed E-state index contributed by atoms with van der Waals surface area (Å²) in [6.45, 7) is 3.92. The lowest BCUT2D eigenvalue weighted by Gasteiger charge is -2.37. The molecule has 0 bridgehead atoms. The Morgan fingerprint density at radius 1 is 1.12 bits per heavy atom. The highest BCUT2D eigenvalue weighted by molar-refractivity contribution is 7.99. The molecule has 1 aromatic carbocycles. The quantitative estimate of drug-likeness (QED) is 0.490. The van der Waals surface area contributed by atoms with E-state index in [9.17, 15) is 4.79 Å². The normalized spacial score (nSPS) is 15.5. The Kier molecular flexibility index (Phi) is 8.00. The van der Waals surface area contributed by atoms with Gasteiger partial charge in [0.1, 0.15) is 10.7 Å². The average molecular weight is 520 g/mol. The van der Waals surface area contributed by atoms with Crippen molar-refractivity contribution in [1.29, 1.82) is 0 Å². The minimum Gasteiger partial charge on any atom is -0.382 e. The van der Waals surface area contributed by atoms with Crippen LogP contribution in [0.4, 0.5) is 11.8 Å². The zero-order valence-corrected chi connectivity index (χ0v) is 21.2. The highest BCUT2D eigenvalue weighted by atomic mass is 35.5. The summed E-state index contributed by atoms with van der Waals surface area (Å²) in [5.41, 5.74) is 13.6. The van der Waals surface area contributed by atoms with E-state index in [0.29, 0.717) is 25.8 Å². The zero-order valence-electron chi connectivity index (χ0n) is 18.8. The lowest BCUT2D eigenvalue weighted by atomic mass is 10.1. The Hall–Kier alpha value is -2.30. The molecular weight excluding hydrogens is 493 g/mol. The summed E-state index contributed by atoms with van der Waals surface area (Å²) < 4.78 is 1.54. The van der Waals surface area contributed by atoms with Crippen LogP contribution in [0.3, 0.4) is 0 Å². The molecule has 0 unspecified atom stereocenters. The lowest BCUT2D eigenvalue weighted by molar-refractivity contribution is 0.240. The second-order valence-corrected chi connectivity index (χ2v) is 10.1. The topological polar surface area (TPSA) is 106 Å². The standard InChI is InChI=1S/C23H27Cl2N7OS/c1-30-22(33)20(34-18-4-2-3-17(24)19(18)25)21(27)29-23(30)32-11-9-31(10-12-32)14-16(26)13-15-5-7-28-8-6-15/h2-8,16H,9-14,26-27H2,1H3/t16-/m1/s1. The van der Waals surface area contributed by atoms with Gasteiger partial charge in [0.2, 0.25) is 5.95 Å². The SMILES string of the molecule is Cn1c(N2CCN(C[C@H](N)Cc3ccncc3)CC2)nc(N)c(Sc2cccc(Cl)c2Cl)c1=O. The Morgan fingerprint density at radius 3 is 2.53 bits per heavy atom. The summed E-state index contributed by atoms with van der Waals surface area (Å²) in [6.07, 6.45) is 4.39. The van der Waals surface area contributed by atoms with Crippen LogP contribution in [-0.2, 0) is 13.5 Å². The zero-order chi connectivity index (χ0) is 24.2. The summed E-state index contributed by atoms with van der Waals surface area (Å²) in [6, 6.07) is 9.31. The molecule has 34 heavy (non-hydrogen) atoms. The number of nitrogen functional groups attached to an aromatic ring is 1. The van der Waals surface area contributed by atoms with Crippen molar-refractivity contribution in [3.8, 4) is 0 Å². The molecule has 1 fully saturated rings. The van der Waals surface area contributed by atoms with Gasteiger partial charge in [0.25, 0.3) is 5.56 Å². The van der Waals surface area contributed by atoms with Crippen LogP contribution in [0, 0.1) is 0 Å². The summed E-state index contributed by atoms with van der Waals surface area (Å²) >= 11 is 13.6. The second kappa shape index (κ2) is 11.0. The molecule has 0 aliphatic carbocycles. The van der Waals surface area contributed by atoms with Gasteiger partial charge >= 0.3 is 0 Å². The number of nitrogens with two attached hydrogens (primary N) is 2. The molecule has 1 aliphatic heterocycles. The number of hydrogen-bond acceptors (Lipinski definition) is 8. The van der Waals surface area contributed by atoms with E-state index in [0.717, 1.165) is 39.1 Å². The van der Waals surface area contributed by atoms with Gasteiger partial charge in [-0.2, -0.15) is 4.98 Å². The van der Waals surface area contributed by atoms with E-state index < -0.39 is 0 Å². The largest absolute Gasteiger partial charge is 0.382 e. The monoisotopic (exact) mass is 519 g/mol. The molecule has 180 valence electrons. The van der Waals surface area contributed by atoms with Gasteiger partial charge in [0.05, 0.1) is 10.0 Å². The smallest absolute Gasteiger partial charge is 0.270 e. The van der Waals surface area contributed by atoms with Crippen molar-refractivity contribution in [3.63, 3.8) is 0 Å². The average Bonchev–Trinajstić information content (AvgIpc) is 2.83. The first-order valence-corrected chi connectivity index (χ1v) is 12.5. The third-order valence-corrected chi connectivity index (χ3v) is 7.85. The maximum absolute atomic E-state index is 13.1. The fraction of sp³-hybridized carbons (Fsp3) is 0.348. The molecule has 2 aromatic heterocycles. The van der Waals surface area contributed by atoms with Crippen LogP contribution in [0.15, 0.2) is 57.3 Å². The number of piperazine rings is 1. The van der Waals surface area contributed by atoms with E-state index in [-0.39, 0.29) is 17.4 Å². The number of hydrogen-bond donors (Lipinski definition) is 2. The van der Waals surface area contributed by atoms with Gasteiger partial charge in [0, 0.05) is 63.1 Å². The van der Waals surface area contributed by atoms with Gasteiger partial charge in [-0.05, 0) is 36.2 Å². The summed E-state index contributed by atoms with van der Waals surface area (Å²) in [4.78, 5) is 27.2. The molecule has 8 nitrogen and oxygen atoms in total. The third-order valence-electron chi connectivity index (χ3n) is 5.78. The summed E-state index contributed by atoms with van der Waals surface area (Å²) in [5, 5.41) is 0.808. The molecule has 4 N–H and O–H groups in total. The molecule has 3 heterocycles. The fourth-order valence-corrected chi connectivity index (χ4v) is 5.40. The van der Waals surface area contributed by atoms with Gasteiger partial charge in [-0.25, -0.2) is 0 Å². The molecule has 3 aromatic rings. The highest BCUT2D eigenvalue weighted by Gasteiger charge is 2.24. The minimum atomic E-state index is -0.217. The Morgan fingerprint density at radius 2 is 1.82 bits per heavy atom. The first kappa shape index (κ1) is 24.8. The van der Waals surface area contributed by atoms with Gasteiger partial charge in [-0.3, -0.25) is 19.2 Å². The number of pyridine rings is 1. The second-order valence-electron chi connectivity index (χ2n) is 8.25. The highest BCUT2D eigenvalue weighted by Crippen LogP contribution is 2.37. The molecule has 0 spiro atoms. The number of halogens is 2. The van der Waals surface area contributed by atoms with Gasteiger partial charge in [-0.1, -0.05) is 41.0 Å². The predicted molar refractivity (Wildman–Crippen MR) is 139 cm³/mol. The molecule has 1 aliphatic rings. The third kappa shape index (κ3) is 5.67. The van der Waals surface area contributed by atoms with E-state index in [2.05, 4.69) is 19.8 Å². The Bertz CT molecular complexity index is 1200. The van der Waals surface area contributed by atoms with Crippen molar-refractivity contribution >= 4 is 46.7 Å². The van der Waals surface area contributed by atoms with E-state index in [1.54, 1.807) is 42.2 Å². The number of aromatic nitrogens is 3. The molecule has 1 saturated heterocycles. The minimum absolute atomic E-state index is 0.0432. The molecule has 0 saturated carbocycles. The van der Waals surface area contributed by atoms with Crippen molar-refractivity contribution in [2.45, 2.75) is 22.3 Å². The van der Waals surface area contributed by atoms with E-state index in [1.807, 2.05) is 12.1 Å². The summed E-state index contributed by atoms with van der Waals surface area (Å²) in [7, 11) is 1.71. The van der Waals surface area contributed by atoms with Crippen LogP contribution in [0.2, 0.25) is 10.0 Å². The molecule has 0 radical (unpaired) electrons. The number of nitrogens with zero attached hydrogens (tertiary/aromatic N) is 5. The number of rotatable bonds is 7. The van der Waals surface area contributed by atoms with Gasteiger partial charge in [0.15, 0.2) is 0 Å². The van der Waals surface area contributed by atoms with Crippen LogP contribution >= 0.6 is 35.0 Å². The maximum Gasteiger partial charge on any atom is 0.270 e. The van der Waals surface area contributed by atoms with Crippen molar-refractivity contribution in [2.75, 3.05) is 43.4 Å². The Labute approximate surface area is 212 Å². The fourth-order valence-electron chi connectivity index (χ4n) is 3.99. The van der Waals surface area contributed by atoms with Crippen molar-refractivity contribution < 1.29 is 0 Å². The van der Waals surface area contributed by atoms with Crippen LogP contribution in [-0.4, -0.2) is 58.2 Å². The molecule has 11 heteroatoms. The first-order valence-electron chi connectivity index (χ1n) is 10.9. The Balaban J connectivity index is 1.41. The lowest BCUT2D eigenvalue weighted by Crippen LogP contribution is -2.51. The molecular formula is C23H27Cl2N7OS. The first-order chi connectivity index (χ1) is 16.3. The number of benzene rings is 1. The van der Waals surface area contributed by atoms with Gasteiger partial charge in [-0.15, -0.1) is 0 Å². The van der Waals surface area contributed by atoms with E-state index in [1.165, 1.54) is 17.3 Å². The van der Waals surface area contributed by atoms with Crippen LogP contribution in [0.5, 0.6) is 0 Å². The summed E-state index contributed by atoms with van der Waals surface area (Å²) in [5.74, 6) is 0.741. The van der Waals surface area contributed by atoms with E-state index >= 15 is 0 Å².